The molecule has 1 aliphatic rings. The molecular weight excluding hydrogens is 631 g/mol. The Morgan fingerprint density at radius 3 is 1.37 bits per heavy atom. The molecule has 1 aliphatic heterocycles. The number of fused-ring (bicyclic) bond motifs is 9. The second-order valence-electron chi connectivity index (χ2n) is 13.4. The average Bonchev–Trinajstić information content (AvgIpc) is 3.88. The molecule has 51 heavy (non-hydrogen) atoms. The van der Waals surface area contributed by atoms with Crippen molar-refractivity contribution < 1.29 is 13.3 Å². The van der Waals surface area contributed by atoms with Crippen LogP contribution in [0.5, 0.6) is 0 Å². The molecule has 244 valence electrons. The normalized spacial score (nSPS) is 18.2. The Bertz CT molecular complexity index is 2940. The standard InChI is InChI=1S/C45H31N3O3/c1-2-10-26(11-3-1)43-46-44(27-20-22-31-29-12-4-6-18-37(29)49-39(31)24-27)48-45(47-43)28-21-23-32-34-15-9-17-36(42(34)51-40(32)25-28)35-16-8-14-33-30-13-5-7-19-38(30)50-41(33)35/h1-25,43-48H. The first-order valence-electron chi connectivity index (χ1n) is 17.4. The van der Waals surface area contributed by atoms with E-state index in [0.29, 0.717) is 0 Å². The Kier molecular flexibility index (Phi) is 6.27. The summed E-state index contributed by atoms with van der Waals surface area (Å²) in [5, 5.41) is 18.1. The van der Waals surface area contributed by atoms with E-state index in [1.165, 1.54) is 0 Å². The summed E-state index contributed by atoms with van der Waals surface area (Å²) < 4.78 is 19.5. The summed E-state index contributed by atoms with van der Waals surface area (Å²) in [7, 11) is 0. The molecule has 7 aromatic carbocycles. The monoisotopic (exact) mass is 661 g/mol. The van der Waals surface area contributed by atoms with Crippen LogP contribution >= 0.6 is 0 Å². The van der Waals surface area contributed by atoms with Crippen LogP contribution in [-0.2, 0) is 0 Å². The third-order valence-corrected chi connectivity index (χ3v) is 10.4. The molecule has 6 nitrogen and oxygen atoms in total. The Morgan fingerprint density at radius 1 is 0.314 bits per heavy atom. The van der Waals surface area contributed by atoms with Crippen molar-refractivity contribution in [1.29, 1.82) is 0 Å². The van der Waals surface area contributed by atoms with E-state index in [2.05, 4.69) is 137 Å². The van der Waals surface area contributed by atoms with Gasteiger partial charge < -0.3 is 13.3 Å². The number of hydrogen-bond acceptors (Lipinski definition) is 6. The lowest BCUT2D eigenvalue weighted by atomic mass is 9.99. The summed E-state index contributed by atoms with van der Waals surface area (Å²) in [5.41, 5.74) is 10.6. The predicted molar refractivity (Wildman–Crippen MR) is 204 cm³/mol. The molecule has 6 heteroatoms. The summed E-state index contributed by atoms with van der Waals surface area (Å²) in [6, 6.07) is 52.7. The van der Waals surface area contributed by atoms with Crippen LogP contribution < -0.4 is 16.0 Å². The molecule has 10 aromatic rings. The number of nitrogens with one attached hydrogen (secondary N) is 3. The number of benzene rings is 7. The molecule has 0 bridgehead atoms. The van der Waals surface area contributed by atoms with Crippen molar-refractivity contribution in [2.75, 3.05) is 0 Å². The SMILES string of the molecule is c1ccc(C2NC(c3ccc4c(c3)oc3ccccc34)NC(c3ccc4c(c3)oc3c(-c5cccc6c5oc5ccccc56)cccc34)N2)cc1. The minimum Gasteiger partial charge on any atom is -0.456 e. The zero-order chi connectivity index (χ0) is 33.5. The van der Waals surface area contributed by atoms with E-state index in [1.54, 1.807) is 0 Å². The summed E-state index contributed by atoms with van der Waals surface area (Å²) >= 11 is 0. The number of furan rings is 3. The van der Waals surface area contributed by atoms with Gasteiger partial charge in [-0.15, -0.1) is 0 Å². The van der Waals surface area contributed by atoms with Gasteiger partial charge in [-0.3, -0.25) is 16.0 Å². The van der Waals surface area contributed by atoms with Crippen LogP contribution in [0.3, 0.4) is 0 Å². The smallest absolute Gasteiger partial charge is 0.143 e. The van der Waals surface area contributed by atoms with Gasteiger partial charge in [0, 0.05) is 43.4 Å². The summed E-state index contributed by atoms with van der Waals surface area (Å²) in [6.45, 7) is 0. The molecule has 0 amide bonds. The number of rotatable bonds is 4. The fourth-order valence-corrected chi connectivity index (χ4v) is 7.96. The maximum absolute atomic E-state index is 6.77. The van der Waals surface area contributed by atoms with Gasteiger partial charge in [-0.25, -0.2) is 0 Å². The van der Waals surface area contributed by atoms with Crippen LogP contribution in [0.25, 0.3) is 76.9 Å². The van der Waals surface area contributed by atoms with Gasteiger partial charge in [0.05, 0.1) is 18.5 Å². The zero-order valence-corrected chi connectivity index (χ0v) is 27.4. The molecule has 11 rings (SSSR count). The molecule has 3 unspecified atom stereocenters. The Labute approximate surface area is 292 Å². The number of hydrogen-bond donors (Lipinski definition) is 3. The van der Waals surface area contributed by atoms with Crippen LogP contribution in [0.2, 0.25) is 0 Å². The minimum absolute atomic E-state index is 0.101. The van der Waals surface area contributed by atoms with Crippen molar-refractivity contribution in [3.63, 3.8) is 0 Å². The molecule has 0 spiro atoms. The van der Waals surface area contributed by atoms with Crippen molar-refractivity contribution in [1.82, 2.24) is 16.0 Å². The maximum Gasteiger partial charge on any atom is 0.143 e. The Morgan fingerprint density at radius 2 is 0.745 bits per heavy atom. The molecule has 0 saturated carbocycles. The first-order chi connectivity index (χ1) is 25.2. The van der Waals surface area contributed by atoms with Gasteiger partial charge in [0.2, 0.25) is 0 Å². The van der Waals surface area contributed by atoms with Crippen LogP contribution in [0.15, 0.2) is 165 Å². The van der Waals surface area contributed by atoms with Crippen molar-refractivity contribution in [3.05, 3.63) is 168 Å². The van der Waals surface area contributed by atoms with E-state index >= 15 is 0 Å². The first-order valence-corrected chi connectivity index (χ1v) is 17.4. The van der Waals surface area contributed by atoms with E-state index in [4.69, 9.17) is 13.3 Å². The molecule has 1 saturated heterocycles. The van der Waals surface area contributed by atoms with Crippen molar-refractivity contribution in [2.45, 2.75) is 18.5 Å². The van der Waals surface area contributed by atoms with Gasteiger partial charge in [0.15, 0.2) is 0 Å². The Balaban J connectivity index is 1.00. The highest BCUT2D eigenvalue weighted by atomic mass is 16.3. The molecule has 1 fully saturated rings. The third kappa shape index (κ3) is 4.55. The molecule has 4 heterocycles. The second-order valence-corrected chi connectivity index (χ2v) is 13.4. The first kappa shape index (κ1) is 28.6. The molecule has 0 radical (unpaired) electrons. The fraction of sp³-hybridized carbons (Fsp3) is 0.0667. The Hall–Kier alpha value is -6.18. The molecular formula is C45H31N3O3. The lowest BCUT2D eigenvalue weighted by Gasteiger charge is -2.39. The molecule has 3 atom stereocenters. The number of para-hydroxylation sites is 4. The van der Waals surface area contributed by atoms with E-state index in [0.717, 1.165) is 93.6 Å². The van der Waals surface area contributed by atoms with Crippen molar-refractivity contribution in [3.8, 4) is 11.1 Å². The van der Waals surface area contributed by atoms with Gasteiger partial charge in [0.25, 0.3) is 0 Å². The van der Waals surface area contributed by atoms with Crippen LogP contribution in [-0.4, -0.2) is 0 Å². The van der Waals surface area contributed by atoms with Crippen LogP contribution in [0.1, 0.15) is 35.2 Å². The molecule has 3 N–H and O–H groups in total. The largest absolute Gasteiger partial charge is 0.456 e. The van der Waals surface area contributed by atoms with Crippen LogP contribution in [0, 0.1) is 0 Å². The lowest BCUT2D eigenvalue weighted by molar-refractivity contribution is 0.203. The fourth-order valence-electron chi connectivity index (χ4n) is 7.96. The molecule has 3 aromatic heterocycles. The predicted octanol–water partition coefficient (Wildman–Crippen LogP) is 11.2. The topological polar surface area (TPSA) is 75.5 Å². The van der Waals surface area contributed by atoms with Crippen molar-refractivity contribution >= 4 is 65.8 Å². The quantitative estimate of drug-likeness (QED) is 0.174. The van der Waals surface area contributed by atoms with E-state index in [9.17, 15) is 0 Å². The summed E-state index contributed by atoms with van der Waals surface area (Å²) in [6.07, 6.45) is -0.424. The summed E-state index contributed by atoms with van der Waals surface area (Å²) in [5.74, 6) is 0. The van der Waals surface area contributed by atoms with E-state index in [-0.39, 0.29) is 18.5 Å². The highest BCUT2D eigenvalue weighted by Crippen LogP contribution is 2.42. The zero-order valence-electron chi connectivity index (χ0n) is 27.4. The van der Waals surface area contributed by atoms with E-state index < -0.39 is 0 Å². The average molecular weight is 662 g/mol. The third-order valence-electron chi connectivity index (χ3n) is 10.4. The van der Waals surface area contributed by atoms with Crippen molar-refractivity contribution in [2.24, 2.45) is 0 Å². The van der Waals surface area contributed by atoms with Gasteiger partial charge in [-0.2, -0.15) is 0 Å². The highest BCUT2D eigenvalue weighted by Gasteiger charge is 2.30. The maximum atomic E-state index is 6.77. The molecule has 0 aliphatic carbocycles. The minimum atomic E-state index is -0.172. The van der Waals surface area contributed by atoms with Gasteiger partial charge >= 0.3 is 0 Å². The van der Waals surface area contributed by atoms with Gasteiger partial charge in [-0.1, -0.05) is 127 Å². The lowest BCUT2D eigenvalue weighted by Crippen LogP contribution is -2.54. The highest BCUT2D eigenvalue weighted by molar-refractivity contribution is 6.15. The summed E-state index contributed by atoms with van der Waals surface area (Å²) in [4.78, 5) is 0. The second kappa shape index (κ2) is 11.2. The van der Waals surface area contributed by atoms with Gasteiger partial charge in [0.1, 0.15) is 33.5 Å². The van der Waals surface area contributed by atoms with Gasteiger partial charge in [-0.05, 0) is 41.0 Å². The van der Waals surface area contributed by atoms with Crippen LogP contribution in [0.4, 0.5) is 0 Å². The van der Waals surface area contributed by atoms with E-state index in [1.807, 2.05) is 30.3 Å².